The third-order valence-electron chi connectivity index (χ3n) is 1.80. The third-order valence-corrected chi connectivity index (χ3v) is 2.88. The fourth-order valence-electron chi connectivity index (χ4n) is 1.18. The van der Waals surface area contributed by atoms with E-state index in [1.54, 1.807) is 0 Å². The van der Waals surface area contributed by atoms with Crippen LogP contribution in [0.4, 0.5) is 0 Å². The minimum Gasteiger partial charge on any atom is -0.270 e. The van der Waals surface area contributed by atoms with Gasteiger partial charge in [-0.05, 0) is 30.5 Å². The van der Waals surface area contributed by atoms with Gasteiger partial charge in [0.25, 0.3) is 10.1 Å². The molecule has 0 saturated carbocycles. The van der Waals surface area contributed by atoms with Crippen LogP contribution in [0, 0.1) is 0 Å². The SMILES string of the molecule is CS(=O)(=O)OCCCc1cccc(Br)c1. The highest BCUT2D eigenvalue weighted by molar-refractivity contribution is 9.10. The van der Waals surface area contributed by atoms with Gasteiger partial charge >= 0.3 is 0 Å². The van der Waals surface area contributed by atoms with Crippen molar-refractivity contribution in [2.45, 2.75) is 12.8 Å². The molecule has 0 radical (unpaired) electrons. The second-order valence-corrected chi connectivity index (χ2v) is 5.82. The van der Waals surface area contributed by atoms with E-state index in [0.717, 1.165) is 17.1 Å². The van der Waals surface area contributed by atoms with Crippen molar-refractivity contribution in [2.75, 3.05) is 12.9 Å². The molecule has 84 valence electrons. The molecule has 0 aliphatic rings. The lowest BCUT2D eigenvalue weighted by atomic mass is 10.1. The van der Waals surface area contributed by atoms with Crippen molar-refractivity contribution in [3.8, 4) is 0 Å². The smallest absolute Gasteiger partial charge is 0.264 e. The van der Waals surface area contributed by atoms with Crippen LogP contribution in [0.25, 0.3) is 0 Å². The lowest BCUT2D eigenvalue weighted by Crippen LogP contribution is -2.04. The largest absolute Gasteiger partial charge is 0.270 e. The Bertz CT molecular complexity index is 414. The molecule has 5 heteroatoms. The lowest BCUT2D eigenvalue weighted by molar-refractivity contribution is 0.316. The van der Waals surface area contributed by atoms with Gasteiger partial charge in [0.15, 0.2) is 0 Å². The molecule has 1 aromatic carbocycles. The predicted octanol–water partition coefficient (Wildman–Crippen LogP) is 2.36. The average molecular weight is 293 g/mol. The van der Waals surface area contributed by atoms with E-state index in [4.69, 9.17) is 0 Å². The van der Waals surface area contributed by atoms with E-state index in [1.165, 1.54) is 5.56 Å². The van der Waals surface area contributed by atoms with E-state index >= 15 is 0 Å². The number of halogens is 1. The van der Waals surface area contributed by atoms with Gasteiger partial charge in [-0.2, -0.15) is 8.42 Å². The van der Waals surface area contributed by atoms with Crippen LogP contribution < -0.4 is 0 Å². The zero-order chi connectivity index (χ0) is 11.3. The second kappa shape index (κ2) is 5.63. The van der Waals surface area contributed by atoms with Crippen LogP contribution in [0.5, 0.6) is 0 Å². The summed E-state index contributed by atoms with van der Waals surface area (Å²) in [5, 5.41) is 0. The van der Waals surface area contributed by atoms with Gasteiger partial charge in [0.05, 0.1) is 12.9 Å². The molecular formula is C10H13BrO3S. The Morgan fingerprint density at radius 1 is 1.40 bits per heavy atom. The molecule has 0 bridgehead atoms. The van der Waals surface area contributed by atoms with Crippen LogP contribution in [0.15, 0.2) is 28.7 Å². The number of hydrogen-bond acceptors (Lipinski definition) is 3. The molecule has 0 N–H and O–H groups in total. The van der Waals surface area contributed by atoms with Crippen LogP contribution in [0.3, 0.4) is 0 Å². The molecule has 1 aromatic rings. The van der Waals surface area contributed by atoms with E-state index in [0.29, 0.717) is 6.42 Å². The molecule has 0 saturated heterocycles. The minimum atomic E-state index is -3.30. The van der Waals surface area contributed by atoms with Crippen molar-refractivity contribution in [1.29, 1.82) is 0 Å². The third kappa shape index (κ3) is 5.92. The van der Waals surface area contributed by atoms with E-state index in [1.807, 2.05) is 24.3 Å². The summed E-state index contributed by atoms with van der Waals surface area (Å²) in [6.45, 7) is 0.241. The number of hydrogen-bond donors (Lipinski definition) is 0. The maximum absolute atomic E-state index is 10.7. The van der Waals surface area contributed by atoms with E-state index in [-0.39, 0.29) is 6.61 Å². The minimum absolute atomic E-state index is 0.241. The Morgan fingerprint density at radius 2 is 2.13 bits per heavy atom. The van der Waals surface area contributed by atoms with E-state index in [9.17, 15) is 8.42 Å². The molecule has 1 rings (SSSR count). The Kier molecular flexibility index (Phi) is 4.76. The Labute approximate surface area is 98.7 Å². The molecule has 0 amide bonds. The Morgan fingerprint density at radius 3 is 2.73 bits per heavy atom. The van der Waals surface area contributed by atoms with Gasteiger partial charge in [-0.15, -0.1) is 0 Å². The fraction of sp³-hybridized carbons (Fsp3) is 0.400. The maximum atomic E-state index is 10.7. The summed E-state index contributed by atoms with van der Waals surface area (Å²) >= 11 is 3.38. The molecule has 0 aliphatic carbocycles. The standard InChI is InChI=1S/C10H13BrO3S/c1-15(12,13)14-7-3-5-9-4-2-6-10(11)8-9/h2,4,6,8H,3,5,7H2,1H3. The lowest BCUT2D eigenvalue weighted by Gasteiger charge is -2.02. The molecule has 15 heavy (non-hydrogen) atoms. The molecular weight excluding hydrogens is 280 g/mol. The number of benzene rings is 1. The monoisotopic (exact) mass is 292 g/mol. The first-order valence-corrected chi connectivity index (χ1v) is 7.17. The molecule has 0 unspecified atom stereocenters. The van der Waals surface area contributed by atoms with Gasteiger partial charge in [0.1, 0.15) is 0 Å². The molecule has 0 atom stereocenters. The summed E-state index contributed by atoms with van der Waals surface area (Å²) < 4.78 is 27.0. The summed E-state index contributed by atoms with van der Waals surface area (Å²) in [7, 11) is -3.30. The van der Waals surface area contributed by atoms with Gasteiger partial charge in [-0.1, -0.05) is 28.1 Å². The van der Waals surface area contributed by atoms with Crippen molar-refractivity contribution in [1.82, 2.24) is 0 Å². The van der Waals surface area contributed by atoms with Crippen molar-refractivity contribution < 1.29 is 12.6 Å². The topological polar surface area (TPSA) is 43.4 Å². The van der Waals surface area contributed by atoms with Gasteiger partial charge in [-0.25, -0.2) is 0 Å². The van der Waals surface area contributed by atoms with Crippen LogP contribution in [-0.2, 0) is 20.7 Å². The highest BCUT2D eigenvalue weighted by atomic mass is 79.9. The average Bonchev–Trinajstić information content (AvgIpc) is 2.11. The zero-order valence-electron chi connectivity index (χ0n) is 8.44. The van der Waals surface area contributed by atoms with Gasteiger partial charge in [0.2, 0.25) is 0 Å². The second-order valence-electron chi connectivity index (χ2n) is 3.26. The normalized spacial score (nSPS) is 11.6. The molecule has 0 aliphatic heterocycles. The zero-order valence-corrected chi connectivity index (χ0v) is 10.8. The van der Waals surface area contributed by atoms with Crippen LogP contribution >= 0.6 is 15.9 Å². The van der Waals surface area contributed by atoms with Crippen LogP contribution in [0.2, 0.25) is 0 Å². The summed E-state index contributed by atoms with van der Waals surface area (Å²) in [5.41, 5.74) is 1.17. The van der Waals surface area contributed by atoms with Gasteiger partial charge in [-0.3, -0.25) is 4.18 Å². The predicted molar refractivity (Wildman–Crippen MR) is 63.3 cm³/mol. The van der Waals surface area contributed by atoms with Crippen molar-refractivity contribution >= 4 is 26.0 Å². The molecule has 0 fully saturated rings. The molecule has 0 heterocycles. The quantitative estimate of drug-likeness (QED) is 0.618. The summed E-state index contributed by atoms with van der Waals surface area (Å²) in [6, 6.07) is 7.93. The highest BCUT2D eigenvalue weighted by Gasteiger charge is 2.01. The summed E-state index contributed by atoms with van der Waals surface area (Å²) in [5.74, 6) is 0. The van der Waals surface area contributed by atoms with Crippen LogP contribution in [-0.4, -0.2) is 21.3 Å². The number of rotatable bonds is 5. The Hall–Kier alpha value is -0.390. The first-order valence-electron chi connectivity index (χ1n) is 4.56. The highest BCUT2D eigenvalue weighted by Crippen LogP contribution is 2.13. The van der Waals surface area contributed by atoms with Gasteiger partial charge < -0.3 is 0 Å². The van der Waals surface area contributed by atoms with Crippen molar-refractivity contribution in [3.05, 3.63) is 34.3 Å². The number of aryl methyl sites for hydroxylation is 1. The summed E-state index contributed by atoms with van der Waals surface area (Å²) in [6.07, 6.45) is 2.57. The van der Waals surface area contributed by atoms with Crippen molar-refractivity contribution in [2.24, 2.45) is 0 Å². The molecule has 0 aromatic heterocycles. The fourth-order valence-corrected chi connectivity index (χ4v) is 2.05. The maximum Gasteiger partial charge on any atom is 0.264 e. The van der Waals surface area contributed by atoms with Crippen molar-refractivity contribution in [3.63, 3.8) is 0 Å². The van der Waals surface area contributed by atoms with E-state index < -0.39 is 10.1 Å². The molecule has 0 spiro atoms. The summed E-state index contributed by atoms with van der Waals surface area (Å²) in [4.78, 5) is 0. The van der Waals surface area contributed by atoms with E-state index in [2.05, 4.69) is 20.1 Å². The Balaban J connectivity index is 2.32. The van der Waals surface area contributed by atoms with Crippen LogP contribution in [0.1, 0.15) is 12.0 Å². The molecule has 3 nitrogen and oxygen atoms in total. The first kappa shape index (κ1) is 12.7. The van der Waals surface area contributed by atoms with Gasteiger partial charge in [0, 0.05) is 4.47 Å². The first-order chi connectivity index (χ1) is 6.97.